The quantitative estimate of drug-likeness (QED) is 0.730. The first-order chi connectivity index (χ1) is 11.8. The van der Waals surface area contributed by atoms with Gasteiger partial charge in [-0.15, -0.1) is 11.3 Å². The number of aryl methyl sites for hydroxylation is 2. The second-order valence-corrected chi connectivity index (χ2v) is 8.31. The van der Waals surface area contributed by atoms with Crippen molar-refractivity contribution in [3.8, 4) is 0 Å². The average molecular weight is 360 g/mol. The molecule has 0 spiro atoms. The molecular formula is C17H24N6OS. The van der Waals surface area contributed by atoms with E-state index < -0.39 is 0 Å². The van der Waals surface area contributed by atoms with Crippen molar-refractivity contribution in [3.63, 3.8) is 0 Å². The Bertz CT molecular complexity index is 946. The number of anilines is 1. The molecule has 134 valence electrons. The summed E-state index contributed by atoms with van der Waals surface area (Å²) in [6.45, 7) is 11.0. The number of hydrogen-bond donors (Lipinski definition) is 2. The molecule has 3 heterocycles. The zero-order valence-corrected chi connectivity index (χ0v) is 16.1. The Hall–Kier alpha value is -2.22. The average Bonchev–Trinajstić information content (AvgIpc) is 3.10. The van der Waals surface area contributed by atoms with Crippen molar-refractivity contribution in [1.82, 2.24) is 24.7 Å². The summed E-state index contributed by atoms with van der Waals surface area (Å²) in [6, 6.07) is 0. The van der Waals surface area contributed by atoms with Crippen molar-refractivity contribution in [2.24, 2.45) is 0 Å². The maximum Gasteiger partial charge on any atom is 0.263 e. The normalized spacial score (nSPS) is 12.0. The summed E-state index contributed by atoms with van der Waals surface area (Å²) < 4.78 is 1.78. The molecule has 25 heavy (non-hydrogen) atoms. The number of H-pyrrole nitrogens is 1. The lowest BCUT2D eigenvalue weighted by atomic mass is 10.1. The van der Waals surface area contributed by atoms with Gasteiger partial charge in [-0.1, -0.05) is 6.92 Å². The molecule has 0 saturated carbocycles. The summed E-state index contributed by atoms with van der Waals surface area (Å²) in [5, 5.41) is 9.12. The molecule has 3 rings (SSSR count). The van der Waals surface area contributed by atoms with Crippen LogP contribution in [0.4, 0.5) is 5.95 Å². The smallest absolute Gasteiger partial charge is 0.263 e. The molecule has 0 amide bonds. The Morgan fingerprint density at radius 1 is 1.32 bits per heavy atom. The van der Waals surface area contributed by atoms with Crippen LogP contribution < -0.4 is 10.9 Å². The number of fused-ring (bicyclic) bond motifs is 1. The Morgan fingerprint density at radius 3 is 2.72 bits per heavy atom. The summed E-state index contributed by atoms with van der Waals surface area (Å²) in [5.74, 6) is 0.465. The van der Waals surface area contributed by atoms with Gasteiger partial charge in [0.25, 0.3) is 5.56 Å². The monoisotopic (exact) mass is 360 g/mol. The van der Waals surface area contributed by atoms with E-state index in [2.05, 4.69) is 39.2 Å². The topological polar surface area (TPSA) is 88.5 Å². The summed E-state index contributed by atoms with van der Waals surface area (Å²) in [4.78, 5) is 25.5. The highest BCUT2D eigenvalue weighted by atomic mass is 32.1. The molecule has 0 aliphatic rings. The molecule has 0 bridgehead atoms. The van der Waals surface area contributed by atoms with E-state index in [1.54, 1.807) is 22.2 Å². The molecule has 2 N–H and O–H groups in total. The predicted molar refractivity (Wildman–Crippen MR) is 102 cm³/mol. The van der Waals surface area contributed by atoms with Crippen LogP contribution >= 0.6 is 11.3 Å². The minimum Gasteiger partial charge on any atom is -0.355 e. The van der Waals surface area contributed by atoms with Crippen molar-refractivity contribution >= 4 is 28.3 Å². The SMILES string of the molecule is CCc1nc(CCNc2nc3c(cnn3C(C)(C)C)c(=O)[nH]2)sc1C. The summed E-state index contributed by atoms with van der Waals surface area (Å²) in [7, 11) is 0. The molecule has 3 aromatic heterocycles. The first-order valence-corrected chi connectivity index (χ1v) is 9.29. The number of hydrogen-bond acceptors (Lipinski definition) is 6. The van der Waals surface area contributed by atoms with E-state index in [0.29, 0.717) is 23.5 Å². The molecule has 0 aliphatic carbocycles. The van der Waals surface area contributed by atoms with Crippen molar-refractivity contribution in [3.05, 3.63) is 32.1 Å². The van der Waals surface area contributed by atoms with Crippen LogP contribution in [0.3, 0.4) is 0 Å². The predicted octanol–water partition coefficient (Wildman–Crippen LogP) is 2.86. The zero-order valence-electron chi connectivity index (χ0n) is 15.3. The van der Waals surface area contributed by atoms with Gasteiger partial charge in [0.15, 0.2) is 5.65 Å². The molecule has 0 aliphatic heterocycles. The zero-order chi connectivity index (χ0) is 18.2. The molecular weight excluding hydrogens is 336 g/mol. The van der Waals surface area contributed by atoms with Crippen LogP contribution in [0, 0.1) is 6.92 Å². The van der Waals surface area contributed by atoms with Crippen LogP contribution in [0.1, 0.15) is 43.3 Å². The summed E-state index contributed by atoms with van der Waals surface area (Å²) >= 11 is 1.73. The van der Waals surface area contributed by atoms with Gasteiger partial charge in [0, 0.05) is 17.8 Å². The van der Waals surface area contributed by atoms with Crippen LogP contribution in [0.2, 0.25) is 0 Å². The number of rotatable bonds is 5. The van der Waals surface area contributed by atoms with Crippen LogP contribution in [0.5, 0.6) is 0 Å². The number of nitrogens with zero attached hydrogens (tertiary/aromatic N) is 4. The van der Waals surface area contributed by atoms with E-state index in [0.717, 1.165) is 17.8 Å². The lowest BCUT2D eigenvalue weighted by Crippen LogP contribution is -2.24. The number of aromatic amines is 1. The third-order valence-corrected chi connectivity index (χ3v) is 5.05. The van der Waals surface area contributed by atoms with Crippen molar-refractivity contribution in [2.75, 3.05) is 11.9 Å². The second kappa shape index (κ2) is 6.59. The van der Waals surface area contributed by atoms with Gasteiger partial charge in [0.1, 0.15) is 5.39 Å². The molecule has 0 fully saturated rings. The first-order valence-electron chi connectivity index (χ1n) is 8.47. The Kier molecular flexibility index (Phi) is 4.64. The van der Waals surface area contributed by atoms with Crippen LogP contribution in [-0.2, 0) is 18.4 Å². The van der Waals surface area contributed by atoms with E-state index in [4.69, 9.17) is 0 Å². The molecule has 0 radical (unpaired) electrons. The van der Waals surface area contributed by atoms with Gasteiger partial charge < -0.3 is 5.32 Å². The fourth-order valence-corrected chi connectivity index (χ4v) is 3.72. The number of aromatic nitrogens is 5. The Labute approximate surface area is 150 Å². The van der Waals surface area contributed by atoms with Crippen molar-refractivity contribution < 1.29 is 0 Å². The number of thiazole rings is 1. The fraction of sp³-hybridized carbons (Fsp3) is 0.529. The molecule has 0 atom stereocenters. The Morgan fingerprint density at radius 2 is 2.08 bits per heavy atom. The minimum atomic E-state index is -0.241. The van der Waals surface area contributed by atoms with Crippen molar-refractivity contribution in [2.45, 2.75) is 53.0 Å². The van der Waals surface area contributed by atoms with Gasteiger partial charge in [0.05, 0.1) is 22.4 Å². The molecule has 8 heteroatoms. The van der Waals surface area contributed by atoms with E-state index >= 15 is 0 Å². The van der Waals surface area contributed by atoms with Gasteiger partial charge in [-0.3, -0.25) is 9.78 Å². The third kappa shape index (κ3) is 3.58. The third-order valence-electron chi connectivity index (χ3n) is 3.98. The summed E-state index contributed by atoms with van der Waals surface area (Å²) in [6.07, 6.45) is 3.32. The van der Waals surface area contributed by atoms with Crippen LogP contribution in [-0.4, -0.2) is 31.3 Å². The molecule has 3 aromatic rings. The highest BCUT2D eigenvalue weighted by Crippen LogP contribution is 2.20. The van der Waals surface area contributed by atoms with Crippen molar-refractivity contribution in [1.29, 1.82) is 0 Å². The van der Waals surface area contributed by atoms with E-state index in [1.807, 2.05) is 20.8 Å². The van der Waals surface area contributed by atoms with Gasteiger partial charge in [-0.2, -0.15) is 10.1 Å². The minimum absolute atomic E-state index is 0.179. The van der Waals surface area contributed by atoms with Gasteiger partial charge in [-0.05, 0) is 34.1 Å². The lowest BCUT2D eigenvalue weighted by molar-refractivity contribution is 0.366. The highest BCUT2D eigenvalue weighted by Gasteiger charge is 2.19. The summed E-state index contributed by atoms with van der Waals surface area (Å²) in [5.41, 5.74) is 1.34. The van der Waals surface area contributed by atoms with Crippen LogP contribution in [0.25, 0.3) is 11.0 Å². The van der Waals surface area contributed by atoms with E-state index in [-0.39, 0.29) is 11.1 Å². The van der Waals surface area contributed by atoms with Gasteiger partial charge in [-0.25, -0.2) is 9.67 Å². The molecule has 7 nitrogen and oxygen atoms in total. The second-order valence-electron chi connectivity index (χ2n) is 7.02. The lowest BCUT2D eigenvalue weighted by Gasteiger charge is -2.19. The maximum absolute atomic E-state index is 12.3. The Balaban J connectivity index is 1.78. The molecule has 0 aromatic carbocycles. The largest absolute Gasteiger partial charge is 0.355 e. The van der Waals surface area contributed by atoms with E-state index in [1.165, 1.54) is 10.6 Å². The fourth-order valence-electron chi connectivity index (χ4n) is 2.70. The first kappa shape index (κ1) is 17.6. The molecule has 0 unspecified atom stereocenters. The van der Waals surface area contributed by atoms with Gasteiger partial charge in [0.2, 0.25) is 5.95 Å². The number of nitrogens with one attached hydrogen (secondary N) is 2. The van der Waals surface area contributed by atoms with Crippen LogP contribution in [0.15, 0.2) is 11.0 Å². The van der Waals surface area contributed by atoms with E-state index in [9.17, 15) is 4.79 Å². The maximum atomic E-state index is 12.3. The standard InChI is InChI=1S/C17H24N6OS/c1-6-12-10(2)25-13(20-12)7-8-18-16-21-14-11(15(24)22-16)9-19-23(14)17(3,4)5/h9H,6-8H2,1-5H3,(H2,18,21,22,24). The van der Waals surface area contributed by atoms with Gasteiger partial charge >= 0.3 is 0 Å². The highest BCUT2D eigenvalue weighted by molar-refractivity contribution is 7.11. The molecule has 0 saturated heterocycles.